The van der Waals surface area contributed by atoms with E-state index in [1.165, 1.54) is 0 Å². The van der Waals surface area contributed by atoms with Gasteiger partial charge in [-0.3, -0.25) is 14.5 Å². The number of pyridine rings is 2. The molecule has 5 rings (SSSR count). The zero-order valence-corrected chi connectivity index (χ0v) is 12.5. The van der Waals surface area contributed by atoms with Crippen molar-refractivity contribution in [2.75, 3.05) is 0 Å². The molecule has 7 heteroatoms. The summed E-state index contributed by atoms with van der Waals surface area (Å²) in [7, 11) is 0. The van der Waals surface area contributed by atoms with E-state index >= 15 is 0 Å². The normalized spacial score (nSPS) is 11.3. The highest BCUT2D eigenvalue weighted by Gasteiger charge is 2.11. The maximum atomic E-state index is 4.68. The van der Waals surface area contributed by atoms with Crippen molar-refractivity contribution in [2.45, 2.75) is 0 Å². The molecule has 5 aromatic heterocycles. The molecule has 7 nitrogen and oxygen atoms in total. The summed E-state index contributed by atoms with van der Waals surface area (Å²) in [5.74, 6) is 0.553. The summed E-state index contributed by atoms with van der Waals surface area (Å²) in [6.07, 6.45) is 10.5. The van der Waals surface area contributed by atoms with Crippen LogP contribution in [0.4, 0.5) is 0 Å². The van der Waals surface area contributed by atoms with Gasteiger partial charge in [0.25, 0.3) is 5.95 Å². The van der Waals surface area contributed by atoms with Crippen molar-refractivity contribution in [2.24, 2.45) is 0 Å². The van der Waals surface area contributed by atoms with Crippen LogP contribution in [0.25, 0.3) is 33.8 Å². The summed E-state index contributed by atoms with van der Waals surface area (Å²) in [5, 5.41) is 4.68. The molecule has 0 aliphatic rings. The SMILES string of the molecule is c1cncc(-c2ccc3cnc(-n4cnc5cnccc54)nn23)c1. The molecule has 0 fully saturated rings. The zero-order chi connectivity index (χ0) is 15.9. The van der Waals surface area contributed by atoms with E-state index in [0.29, 0.717) is 5.95 Å². The second-order valence-electron chi connectivity index (χ2n) is 5.33. The lowest BCUT2D eigenvalue weighted by Crippen LogP contribution is -2.05. The minimum absolute atomic E-state index is 0.553. The van der Waals surface area contributed by atoms with Gasteiger partial charge in [-0.2, -0.15) is 0 Å². The molecule has 0 amide bonds. The number of hydrogen-bond donors (Lipinski definition) is 0. The van der Waals surface area contributed by atoms with Gasteiger partial charge in [0, 0.05) is 24.2 Å². The molecule has 0 atom stereocenters. The minimum atomic E-state index is 0.553. The summed E-state index contributed by atoms with van der Waals surface area (Å²) in [5.41, 5.74) is 4.61. The molecule has 5 aromatic rings. The lowest BCUT2D eigenvalue weighted by Gasteiger charge is -2.05. The monoisotopic (exact) mass is 313 g/mol. The molecule has 0 unspecified atom stereocenters. The van der Waals surface area contributed by atoms with E-state index < -0.39 is 0 Å². The molecule has 0 radical (unpaired) electrons. The van der Waals surface area contributed by atoms with Crippen LogP contribution < -0.4 is 0 Å². The van der Waals surface area contributed by atoms with E-state index in [-0.39, 0.29) is 0 Å². The Labute approximate surface area is 136 Å². The summed E-state index contributed by atoms with van der Waals surface area (Å²) < 4.78 is 3.72. The topological polar surface area (TPSA) is 73.8 Å². The van der Waals surface area contributed by atoms with Crippen molar-refractivity contribution in [1.29, 1.82) is 0 Å². The van der Waals surface area contributed by atoms with Crippen LogP contribution in [0.5, 0.6) is 0 Å². The third-order valence-electron chi connectivity index (χ3n) is 3.91. The Kier molecular flexibility index (Phi) is 2.66. The Morgan fingerprint density at radius 3 is 2.71 bits per heavy atom. The lowest BCUT2D eigenvalue weighted by atomic mass is 10.2. The van der Waals surface area contributed by atoms with Crippen molar-refractivity contribution in [3.05, 3.63) is 67.6 Å². The maximum Gasteiger partial charge on any atom is 0.253 e. The number of hydrogen-bond acceptors (Lipinski definition) is 5. The van der Waals surface area contributed by atoms with Gasteiger partial charge < -0.3 is 0 Å². The van der Waals surface area contributed by atoms with Crippen molar-refractivity contribution < 1.29 is 0 Å². The van der Waals surface area contributed by atoms with Crippen LogP contribution in [0, 0.1) is 0 Å². The highest BCUT2D eigenvalue weighted by atomic mass is 15.3. The Morgan fingerprint density at radius 2 is 1.79 bits per heavy atom. The molecule has 0 saturated heterocycles. The van der Waals surface area contributed by atoms with E-state index in [0.717, 1.165) is 27.8 Å². The molecule has 0 aliphatic carbocycles. The first kappa shape index (κ1) is 12.9. The first-order valence-corrected chi connectivity index (χ1v) is 7.43. The number of rotatable bonds is 2. The molecule has 0 aromatic carbocycles. The number of fused-ring (bicyclic) bond motifs is 2. The quantitative estimate of drug-likeness (QED) is 0.500. The van der Waals surface area contributed by atoms with Gasteiger partial charge in [-0.05, 0) is 30.3 Å². The van der Waals surface area contributed by atoms with Crippen LogP contribution in [0.2, 0.25) is 0 Å². The average Bonchev–Trinajstić information content (AvgIpc) is 3.26. The van der Waals surface area contributed by atoms with E-state index in [4.69, 9.17) is 0 Å². The van der Waals surface area contributed by atoms with Gasteiger partial charge in [-0.15, -0.1) is 5.10 Å². The minimum Gasteiger partial charge on any atom is -0.266 e. The molecule has 114 valence electrons. The number of aromatic nitrogens is 7. The second-order valence-corrected chi connectivity index (χ2v) is 5.33. The Bertz CT molecular complexity index is 1160. The molecule has 0 aliphatic heterocycles. The Hall–Kier alpha value is -3.61. The molecule has 0 spiro atoms. The number of imidazole rings is 1. The molecule has 0 N–H and O–H groups in total. The highest BCUT2D eigenvalue weighted by molar-refractivity contribution is 5.75. The average molecular weight is 313 g/mol. The van der Waals surface area contributed by atoms with Crippen molar-refractivity contribution in [1.82, 2.24) is 34.1 Å². The van der Waals surface area contributed by atoms with Gasteiger partial charge in [-0.1, -0.05) is 0 Å². The largest absolute Gasteiger partial charge is 0.266 e. The first-order valence-electron chi connectivity index (χ1n) is 7.43. The van der Waals surface area contributed by atoms with Crippen molar-refractivity contribution >= 4 is 16.6 Å². The van der Waals surface area contributed by atoms with E-state index in [1.54, 1.807) is 31.1 Å². The first-order chi connectivity index (χ1) is 11.9. The lowest BCUT2D eigenvalue weighted by molar-refractivity contribution is 0.835. The molecular weight excluding hydrogens is 302 g/mol. The summed E-state index contributed by atoms with van der Waals surface area (Å²) >= 11 is 0. The number of nitrogens with zero attached hydrogens (tertiary/aromatic N) is 7. The van der Waals surface area contributed by atoms with Crippen molar-refractivity contribution in [3.63, 3.8) is 0 Å². The van der Waals surface area contributed by atoms with E-state index in [1.807, 2.05) is 45.6 Å². The Morgan fingerprint density at radius 1 is 0.833 bits per heavy atom. The van der Waals surface area contributed by atoms with Crippen LogP contribution in [-0.4, -0.2) is 34.1 Å². The summed E-state index contributed by atoms with van der Waals surface area (Å²) in [4.78, 5) is 17.1. The second kappa shape index (κ2) is 4.95. The van der Waals surface area contributed by atoms with Crippen LogP contribution in [0.1, 0.15) is 0 Å². The fourth-order valence-corrected chi connectivity index (χ4v) is 2.76. The third-order valence-corrected chi connectivity index (χ3v) is 3.91. The zero-order valence-electron chi connectivity index (χ0n) is 12.5. The van der Waals surface area contributed by atoms with Crippen LogP contribution >= 0.6 is 0 Å². The van der Waals surface area contributed by atoms with Crippen LogP contribution in [-0.2, 0) is 0 Å². The molecule has 24 heavy (non-hydrogen) atoms. The predicted molar refractivity (Wildman–Crippen MR) is 88.6 cm³/mol. The van der Waals surface area contributed by atoms with E-state index in [9.17, 15) is 0 Å². The van der Waals surface area contributed by atoms with Gasteiger partial charge in [0.2, 0.25) is 0 Å². The van der Waals surface area contributed by atoms with Gasteiger partial charge >= 0.3 is 0 Å². The standard InChI is InChI=1S/C17H11N7/c1-2-12(8-18-6-1)15-4-3-13-9-20-17(22-24(13)15)23-11-21-14-10-19-7-5-16(14)23/h1-11H. The van der Waals surface area contributed by atoms with Crippen LogP contribution in [0.3, 0.4) is 0 Å². The fraction of sp³-hybridized carbons (Fsp3) is 0. The fourth-order valence-electron chi connectivity index (χ4n) is 2.76. The molecule has 0 saturated carbocycles. The van der Waals surface area contributed by atoms with E-state index in [2.05, 4.69) is 25.0 Å². The van der Waals surface area contributed by atoms with Gasteiger partial charge in [0.15, 0.2) is 0 Å². The molecule has 0 bridgehead atoms. The smallest absolute Gasteiger partial charge is 0.253 e. The van der Waals surface area contributed by atoms with Gasteiger partial charge in [0.05, 0.1) is 29.1 Å². The predicted octanol–water partition coefficient (Wildman–Crippen LogP) is 2.53. The maximum absolute atomic E-state index is 4.68. The molecular formula is C17H11N7. The summed E-state index contributed by atoms with van der Waals surface area (Å²) in [6.45, 7) is 0. The molecule has 5 heterocycles. The van der Waals surface area contributed by atoms with Crippen LogP contribution in [0.15, 0.2) is 67.6 Å². The van der Waals surface area contributed by atoms with Crippen molar-refractivity contribution in [3.8, 4) is 17.2 Å². The van der Waals surface area contributed by atoms with Gasteiger partial charge in [0.1, 0.15) is 11.8 Å². The summed E-state index contributed by atoms with van der Waals surface area (Å²) in [6, 6.07) is 9.82. The third kappa shape index (κ3) is 1.88. The highest BCUT2D eigenvalue weighted by Crippen LogP contribution is 2.21. The van der Waals surface area contributed by atoms with Gasteiger partial charge in [-0.25, -0.2) is 14.5 Å². The Balaban J connectivity index is 1.74.